The van der Waals surface area contributed by atoms with Gasteiger partial charge in [0.05, 0.1) is 5.56 Å². The highest BCUT2D eigenvalue weighted by Crippen LogP contribution is 2.31. The van der Waals surface area contributed by atoms with Crippen LogP contribution in [0.1, 0.15) is 35.2 Å². The molecule has 35 heavy (non-hydrogen) atoms. The van der Waals surface area contributed by atoms with Gasteiger partial charge in [-0.15, -0.1) is 0 Å². The Kier molecular flexibility index (Phi) is 10.0. The molecule has 1 fully saturated rings. The largest absolute Gasteiger partial charge is 0.477 e. The lowest BCUT2D eigenvalue weighted by molar-refractivity contribution is 0.0693. The minimum absolute atomic E-state index is 0.0443. The van der Waals surface area contributed by atoms with E-state index in [9.17, 15) is 23.5 Å². The molecule has 13 heteroatoms. The molecular formula is C22H28ClF2N5O4S. The van der Waals surface area contributed by atoms with Gasteiger partial charge in [0.25, 0.3) is 0 Å². The van der Waals surface area contributed by atoms with E-state index < -0.39 is 41.4 Å². The molecule has 0 radical (unpaired) electrons. The van der Waals surface area contributed by atoms with Crippen molar-refractivity contribution in [2.24, 2.45) is 0 Å². The number of likely N-dealkylation sites (N-methyl/N-ethyl adjacent to an activating group) is 1. The number of hydrogen-bond acceptors (Lipinski definition) is 7. The van der Waals surface area contributed by atoms with Crippen LogP contribution < -0.4 is 15.4 Å². The normalized spacial score (nSPS) is 14.6. The molecule has 0 bridgehead atoms. The van der Waals surface area contributed by atoms with Crippen LogP contribution in [-0.2, 0) is 6.61 Å². The maximum atomic E-state index is 13.9. The summed E-state index contributed by atoms with van der Waals surface area (Å²) in [5, 5.41) is 14.5. The number of urea groups is 1. The van der Waals surface area contributed by atoms with Crippen LogP contribution in [0, 0.1) is 11.6 Å². The number of anilines is 1. The molecular weight excluding hydrogens is 504 g/mol. The minimum atomic E-state index is -1.40. The Morgan fingerprint density at radius 2 is 1.86 bits per heavy atom. The summed E-state index contributed by atoms with van der Waals surface area (Å²) < 4.78 is 37.0. The molecule has 2 aromatic rings. The Morgan fingerprint density at radius 1 is 1.17 bits per heavy atom. The third kappa shape index (κ3) is 7.99. The van der Waals surface area contributed by atoms with E-state index in [2.05, 4.69) is 31.9 Å². The molecule has 2 heterocycles. The quantitative estimate of drug-likeness (QED) is 0.378. The second-order valence-corrected chi connectivity index (χ2v) is 9.43. The molecule has 9 nitrogen and oxygen atoms in total. The fourth-order valence-electron chi connectivity index (χ4n) is 3.56. The number of carbonyl (C=O) groups is 2. The van der Waals surface area contributed by atoms with Crippen LogP contribution in [0.3, 0.4) is 0 Å². The zero-order valence-electron chi connectivity index (χ0n) is 19.3. The summed E-state index contributed by atoms with van der Waals surface area (Å²) in [6, 6.07) is 1.27. The van der Waals surface area contributed by atoms with E-state index in [0.717, 1.165) is 64.1 Å². The van der Waals surface area contributed by atoms with Crippen LogP contribution in [0.5, 0.6) is 5.88 Å². The Balaban J connectivity index is 1.44. The summed E-state index contributed by atoms with van der Waals surface area (Å²) in [7, 11) is 2.12. The van der Waals surface area contributed by atoms with Crippen molar-refractivity contribution in [1.82, 2.24) is 19.5 Å². The van der Waals surface area contributed by atoms with Gasteiger partial charge < -0.3 is 25.0 Å². The Hall–Kier alpha value is -2.54. The van der Waals surface area contributed by atoms with Crippen LogP contribution in [0.4, 0.5) is 18.6 Å². The average molecular weight is 532 g/mol. The van der Waals surface area contributed by atoms with Crippen molar-refractivity contribution < 1.29 is 28.2 Å². The minimum Gasteiger partial charge on any atom is -0.477 e. The lowest BCUT2D eigenvalue weighted by atomic mass is 10.2. The van der Waals surface area contributed by atoms with Crippen LogP contribution in [0.15, 0.2) is 12.1 Å². The second-order valence-electron chi connectivity index (χ2n) is 8.22. The smallest absolute Gasteiger partial charge is 0.344 e. The van der Waals surface area contributed by atoms with E-state index in [1.165, 1.54) is 0 Å². The molecule has 1 aromatic heterocycles. The SMILES string of the molecule is CN1CCN(CCCCCNC(=O)Nc2snc(OCc3c(F)cc(Cl)cc3F)c2C(=O)O)CC1. The number of hydrogen-bond donors (Lipinski definition) is 3. The third-order valence-corrected chi connectivity index (χ3v) is 6.56. The van der Waals surface area contributed by atoms with E-state index in [0.29, 0.717) is 18.1 Å². The number of halogens is 3. The van der Waals surface area contributed by atoms with Gasteiger partial charge in [0.2, 0.25) is 5.88 Å². The number of nitrogens with one attached hydrogen (secondary N) is 2. The molecule has 0 spiro atoms. The predicted octanol–water partition coefficient (Wildman–Crippen LogP) is 3.89. The van der Waals surface area contributed by atoms with Crippen LogP contribution in [-0.4, -0.2) is 77.6 Å². The van der Waals surface area contributed by atoms with E-state index in [-0.39, 0.29) is 15.9 Å². The number of amides is 2. The number of aromatic nitrogens is 1. The van der Waals surface area contributed by atoms with Crippen molar-refractivity contribution in [1.29, 1.82) is 0 Å². The molecule has 1 aromatic carbocycles. The van der Waals surface area contributed by atoms with Gasteiger partial charge >= 0.3 is 12.0 Å². The van der Waals surface area contributed by atoms with Gasteiger partial charge in [-0.25, -0.2) is 18.4 Å². The van der Waals surface area contributed by atoms with E-state index in [1.54, 1.807) is 0 Å². The topological polar surface area (TPSA) is 107 Å². The highest BCUT2D eigenvalue weighted by molar-refractivity contribution is 7.11. The first-order valence-corrected chi connectivity index (χ1v) is 12.3. The Labute approximate surface area is 211 Å². The summed E-state index contributed by atoms with van der Waals surface area (Å²) >= 11 is 6.29. The molecule has 0 unspecified atom stereocenters. The van der Waals surface area contributed by atoms with Crippen molar-refractivity contribution in [3.05, 3.63) is 39.9 Å². The van der Waals surface area contributed by atoms with Crippen LogP contribution in [0.25, 0.3) is 0 Å². The highest BCUT2D eigenvalue weighted by Gasteiger charge is 2.24. The molecule has 1 saturated heterocycles. The number of aromatic carboxylic acids is 1. The first-order chi connectivity index (χ1) is 16.7. The first-order valence-electron chi connectivity index (χ1n) is 11.2. The summed E-state index contributed by atoms with van der Waals surface area (Å²) in [5.41, 5.74) is -0.814. The van der Waals surface area contributed by atoms with E-state index in [1.807, 2.05) is 0 Å². The van der Waals surface area contributed by atoms with Gasteiger partial charge in [-0.05, 0) is 50.1 Å². The number of carboxylic acid groups (broad SMARTS) is 1. The Bertz CT molecular complexity index is 1010. The molecule has 0 saturated carbocycles. The maximum Gasteiger partial charge on any atom is 0.344 e. The van der Waals surface area contributed by atoms with Gasteiger partial charge in [-0.1, -0.05) is 18.0 Å². The first kappa shape index (κ1) is 27.1. The van der Waals surface area contributed by atoms with Gasteiger partial charge in [-0.2, -0.15) is 4.37 Å². The van der Waals surface area contributed by atoms with Crippen molar-refractivity contribution in [3.8, 4) is 5.88 Å². The Morgan fingerprint density at radius 3 is 2.51 bits per heavy atom. The van der Waals surface area contributed by atoms with Crippen molar-refractivity contribution in [2.75, 3.05) is 51.6 Å². The van der Waals surface area contributed by atoms with E-state index >= 15 is 0 Å². The lowest BCUT2D eigenvalue weighted by Crippen LogP contribution is -2.44. The third-order valence-electron chi connectivity index (χ3n) is 5.59. The van der Waals surface area contributed by atoms with Crippen LogP contribution >= 0.6 is 23.1 Å². The molecule has 2 amide bonds. The van der Waals surface area contributed by atoms with Crippen LogP contribution in [0.2, 0.25) is 5.02 Å². The summed E-state index contributed by atoms with van der Waals surface area (Å²) in [6.07, 6.45) is 2.80. The number of ether oxygens (including phenoxy) is 1. The number of rotatable bonds is 11. The summed E-state index contributed by atoms with van der Waals surface area (Å²) in [4.78, 5) is 28.7. The molecule has 3 rings (SSSR count). The van der Waals surface area contributed by atoms with Gasteiger partial charge in [-0.3, -0.25) is 5.32 Å². The van der Waals surface area contributed by atoms with Crippen molar-refractivity contribution in [3.63, 3.8) is 0 Å². The van der Waals surface area contributed by atoms with E-state index in [4.69, 9.17) is 16.3 Å². The molecule has 0 aliphatic carbocycles. The molecule has 1 aliphatic heterocycles. The zero-order valence-corrected chi connectivity index (χ0v) is 20.9. The average Bonchev–Trinajstić information content (AvgIpc) is 3.19. The monoisotopic (exact) mass is 531 g/mol. The number of carboxylic acids is 1. The number of piperazine rings is 1. The molecule has 1 aliphatic rings. The number of carbonyl (C=O) groups excluding carboxylic acids is 1. The van der Waals surface area contributed by atoms with Gasteiger partial charge in [0.1, 0.15) is 23.2 Å². The zero-order chi connectivity index (χ0) is 25.4. The number of unbranched alkanes of at least 4 members (excludes halogenated alkanes) is 2. The fraction of sp³-hybridized carbons (Fsp3) is 0.500. The maximum absolute atomic E-state index is 13.9. The fourth-order valence-corrected chi connectivity index (χ4v) is 4.47. The molecule has 0 atom stereocenters. The predicted molar refractivity (Wildman–Crippen MR) is 130 cm³/mol. The summed E-state index contributed by atoms with van der Waals surface area (Å²) in [5.74, 6) is -3.60. The van der Waals surface area contributed by atoms with Crippen molar-refractivity contribution in [2.45, 2.75) is 25.9 Å². The molecule has 192 valence electrons. The highest BCUT2D eigenvalue weighted by atomic mass is 35.5. The molecule has 3 N–H and O–H groups in total. The van der Waals surface area contributed by atoms with Gasteiger partial charge in [0.15, 0.2) is 5.56 Å². The number of nitrogens with zero attached hydrogens (tertiary/aromatic N) is 3. The lowest BCUT2D eigenvalue weighted by Gasteiger charge is -2.32. The second kappa shape index (κ2) is 13.0. The summed E-state index contributed by atoms with van der Waals surface area (Å²) in [6.45, 7) is 5.20. The standard InChI is InChI=1S/C22H28ClF2N5O4S/c1-29-7-9-30(10-8-29)6-4-2-3-5-26-22(33)27-20-18(21(31)32)19(28-35-20)34-13-15-16(24)11-14(23)12-17(15)25/h11-12H,2-10,13H2,1H3,(H,31,32)(H2,26,27,33). The number of benzene rings is 1. The van der Waals surface area contributed by atoms with Gasteiger partial charge in [0, 0.05) is 37.7 Å². The van der Waals surface area contributed by atoms with Crippen molar-refractivity contribution >= 4 is 40.1 Å².